The molecule has 670 valence electrons. The molecule has 6 amide bonds. The number of H-pyrrole nitrogens is 2. The van der Waals surface area contributed by atoms with Gasteiger partial charge in [0.25, 0.3) is 27.7 Å². The number of nitrogens with zero attached hydrogens (tertiary/aromatic N) is 14. The number of aryl methyl sites for hydroxylation is 2. The lowest BCUT2D eigenvalue weighted by Crippen LogP contribution is -2.48. The Hall–Kier alpha value is -12.3. The van der Waals surface area contributed by atoms with Crippen LogP contribution in [0.25, 0.3) is 36.8 Å². The molecule has 5 N–H and O–H groups in total. The Morgan fingerprint density at radius 3 is 1.36 bits per heavy atom. The van der Waals surface area contributed by atoms with Crippen LogP contribution in [0.2, 0.25) is 0 Å². The van der Waals surface area contributed by atoms with Crippen LogP contribution in [-0.2, 0) is 54.3 Å². The number of hydrogen-bond donors (Lipinski definition) is 5. The molecular formula is C99H118N18O10S. The molecule has 7 aromatic rings. The topological polar surface area (TPSA) is 318 Å². The molecule has 4 aliphatic carbocycles. The fourth-order valence-electron chi connectivity index (χ4n) is 18.8. The van der Waals surface area contributed by atoms with E-state index >= 15 is 0 Å². The second kappa shape index (κ2) is 41.6. The van der Waals surface area contributed by atoms with E-state index in [-0.39, 0.29) is 133 Å². The Labute approximate surface area is 751 Å². The molecule has 29 heteroatoms. The predicted molar refractivity (Wildman–Crippen MR) is 496 cm³/mol. The number of amides is 6. The number of allylic oxidation sites excluding steroid dienone is 9. The highest BCUT2D eigenvalue weighted by atomic mass is 32.2. The molecule has 4 aromatic carbocycles. The zero-order valence-electron chi connectivity index (χ0n) is 75.3. The molecule has 3 aromatic heterocycles. The summed E-state index contributed by atoms with van der Waals surface area (Å²) >= 11 is 0. The largest absolute Gasteiger partial charge is 0.392 e. The number of aliphatic imine (C=N–C) groups is 1. The molecule has 0 spiro atoms. The van der Waals surface area contributed by atoms with E-state index in [1.165, 1.54) is 76.4 Å². The van der Waals surface area contributed by atoms with Crippen LogP contribution in [0.3, 0.4) is 0 Å². The van der Waals surface area contributed by atoms with Crippen molar-refractivity contribution in [3.63, 3.8) is 0 Å². The fraction of sp³-hybridized carbons (Fsp3) is 0.455. The number of imidazole rings is 3. The lowest BCUT2D eigenvalue weighted by atomic mass is 9.76. The summed E-state index contributed by atoms with van der Waals surface area (Å²) in [5.74, 6) is 1.98. The minimum Gasteiger partial charge on any atom is -0.392 e. The number of benzene rings is 4. The number of aromatic nitrogens is 6. The molecular weight excluding hydrogens is 1630 g/mol. The highest BCUT2D eigenvalue weighted by Gasteiger charge is 2.36. The van der Waals surface area contributed by atoms with Crippen molar-refractivity contribution in [2.24, 2.45) is 17.5 Å². The first-order valence-corrected chi connectivity index (χ1v) is 46.0. The number of nitrogens with one attached hydrogen (secondary N) is 4. The number of ketones is 4. The quantitative estimate of drug-likeness (QED) is 0.0330. The zero-order valence-corrected chi connectivity index (χ0v) is 76.1. The van der Waals surface area contributed by atoms with Crippen LogP contribution in [-0.4, -0.2) is 214 Å². The van der Waals surface area contributed by atoms with Crippen LogP contribution in [0, 0.1) is 32.1 Å². The summed E-state index contributed by atoms with van der Waals surface area (Å²) < 4.78 is 30.0. The Morgan fingerprint density at radius 2 is 0.945 bits per heavy atom. The van der Waals surface area contributed by atoms with Crippen molar-refractivity contribution < 1.29 is 47.1 Å². The van der Waals surface area contributed by atoms with E-state index in [4.69, 9.17) is 19.7 Å². The fourth-order valence-corrected chi connectivity index (χ4v) is 19.7. The van der Waals surface area contributed by atoms with Gasteiger partial charge in [0.15, 0.2) is 11.5 Å². The molecule has 9 aliphatic rings. The smallest absolute Gasteiger partial charge is 0.319 e. The number of aromatic amines is 2. The molecule has 0 atom stereocenters. The molecule has 4 saturated heterocycles. The Bertz CT molecular complexity index is 5820. The average molecular weight is 1750 g/mol. The van der Waals surface area contributed by atoms with E-state index in [1.54, 1.807) is 59.5 Å². The first-order chi connectivity index (χ1) is 61.3. The number of carbonyl (C=O) groups is 7. The summed E-state index contributed by atoms with van der Waals surface area (Å²) in [5.41, 5.74) is 20.2. The highest BCUT2D eigenvalue weighted by Crippen LogP contribution is 2.42. The van der Waals surface area contributed by atoms with E-state index in [0.29, 0.717) is 75.0 Å². The minimum atomic E-state index is -3.47. The van der Waals surface area contributed by atoms with Gasteiger partial charge in [-0.3, -0.25) is 24.2 Å². The molecule has 16 rings (SSSR count). The lowest BCUT2D eigenvalue weighted by molar-refractivity contribution is -0.112. The van der Waals surface area contributed by atoms with Gasteiger partial charge in [0, 0.05) is 176 Å². The highest BCUT2D eigenvalue weighted by molar-refractivity contribution is 7.87. The molecule has 28 nitrogen and oxygen atoms in total. The van der Waals surface area contributed by atoms with Crippen LogP contribution in [0.1, 0.15) is 257 Å². The van der Waals surface area contributed by atoms with E-state index < -0.39 is 10.2 Å². The maximum absolute atomic E-state index is 13.2. The van der Waals surface area contributed by atoms with Crippen LogP contribution < -0.4 is 9.44 Å². The number of aliphatic hydroxyl groups excluding tert-OH is 1. The van der Waals surface area contributed by atoms with E-state index in [0.717, 1.165) is 127 Å². The Balaban J connectivity index is 0.000000146. The van der Waals surface area contributed by atoms with Crippen molar-refractivity contribution in [3.05, 3.63) is 251 Å². The van der Waals surface area contributed by atoms with Crippen molar-refractivity contribution in [3.8, 4) is 0 Å². The molecule has 0 bridgehead atoms. The van der Waals surface area contributed by atoms with Crippen LogP contribution in [0.4, 0.5) is 26.0 Å². The third-order valence-electron chi connectivity index (χ3n) is 25.9. The molecule has 4 fully saturated rings. The summed E-state index contributed by atoms with van der Waals surface area (Å²) in [4.78, 5) is 131. The van der Waals surface area contributed by atoms with Gasteiger partial charge in [-0.05, 0) is 203 Å². The number of aliphatic hydroxyl groups is 1. The van der Waals surface area contributed by atoms with E-state index in [2.05, 4.69) is 141 Å². The SMILES string of the molecule is Cc1cnc(C(=O)Cc2ccc(C3CN(C)C(=O)N(C)C3)cc2C2=CCCCCC2)[nH]1.[C-]#[N+]C1=CCC(C(=O)Cc2cc(CO)c(C3CNS(=O)(=O)NC3)cc2C2=CCCCC2)=N1.[C-]#[N+]c1cn(C)c(C(=O)Cc2ccc(C3CN(C)C(=O)N(C)C3)cc2C2=CCC(C)(C)CC2)n1.[C-]#[N+]c1cnc(C(=O)Cc2ccc(C3CN(C)C(=O)N(C)C3)cc2C2=CCCCC2)[nH]1. The number of hydrogen-bond acceptors (Lipinski definition) is 14. The summed E-state index contributed by atoms with van der Waals surface area (Å²) in [6, 6.07) is 23.3. The number of Topliss-reactive ketones (excluding diaryl/α,β-unsaturated/α-hetero) is 4. The molecule has 128 heavy (non-hydrogen) atoms. The van der Waals surface area contributed by atoms with Crippen LogP contribution in [0.15, 0.2) is 127 Å². The maximum Gasteiger partial charge on any atom is 0.319 e. The second-order valence-corrected chi connectivity index (χ2v) is 37.8. The second-order valence-electron chi connectivity index (χ2n) is 36.2. The van der Waals surface area contributed by atoms with Crippen LogP contribution >= 0.6 is 0 Å². The van der Waals surface area contributed by atoms with E-state index in [1.807, 2.05) is 67.4 Å². The average Bonchev–Trinajstić information content (AvgIpc) is 0.996. The summed E-state index contributed by atoms with van der Waals surface area (Å²) in [7, 11) is 9.36. The monoisotopic (exact) mass is 1750 g/mol. The Morgan fingerprint density at radius 1 is 0.500 bits per heavy atom. The number of urea groups is 3. The summed E-state index contributed by atoms with van der Waals surface area (Å²) in [6.07, 6.45) is 34.3. The zero-order chi connectivity index (χ0) is 91.3. The van der Waals surface area contributed by atoms with E-state index in [9.17, 15) is 47.1 Å². The van der Waals surface area contributed by atoms with Crippen molar-refractivity contribution >= 4 is 91.1 Å². The normalized spacial score (nSPS) is 18.8. The Kier molecular flexibility index (Phi) is 30.3. The first kappa shape index (κ1) is 93.3. The third-order valence-corrected chi connectivity index (χ3v) is 27.0. The predicted octanol–water partition coefficient (Wildman–Crippen LogP) is 16.4. The lowest BCUT2D eigenvalue weighted by Gasteiger charge is -2.37. The number of rotatable bonds is 21. The summed E-state index contributed by atoms with van der Waals surface area (Å²) in [5, 5.41) is 10.1. The van der Waals surface area contributed by atoms with Crippen molar-refractivity contribution in [2.75, 3.05) is 94.6 Å². The van der Waals surface area contributed by atoms with Gasteiger partial charge < -0.3 is 58.6 Å². The first-order valence-electron chi connectivity index (χ1n) is 44.5. The molecule has 0 saturated carbocycles. The van der Waals surface area contributed by atoms with Gasteiger partial charge in [-0.25, -0.2) is 33.8 Å². The van der Waals surface area contributed by atoms with Gasteiger partial charge in [0.05, 0.1) is 12.8 Å². The standard InChI is InChI=1S/C27H33N5O2.C25H32N4O2.C24H27N5O2.C23H26N4O4S/c1-27(2)11-9-18(10-12-27)22-13-19(21-15-31(5)26(34)32(6)16-21)7-8-20(22)14-23(33)25-29-24(28-3)17-30(25)4;1-17-14-26-24(27-17)23(30)13-20-11-10-19(21-15-28(2)25(31)29(3)16-21)12-22(20)18-8-6-4-5-7-9-18;1-25-22-13-26-23(27-22)21(30)12-18-10-9-17(11-20(18)16-7-5-4-6-8-16)19-14-28(2)24(31)29(3)15-19;1-24-23-8-7-21(27-23)22(29)10-16-9-17(14-28)20(18-12-25-32(30,31)26-13-18)11-19(16)15-5-3-2-4-6-15/h7-9,13,17,21H,10-12,14-16H2,1-2,4-6H3;8,10-12,14,21H,4-7,9,13,15-16H2,1-3H3,(H,26,27);7,9-11,13,19H,4-6,8,12,14-15H2,2-3H3,(H,26,27);5,8-9,11,18,25-26,28H,2-4,6-7,10,12-14H2. The van der Waals surface area contributed by atoms with Crippen molar-refractivity contribution in [1.29, 1.82) is 0 Å². The van der Waals surface area contributed by atoms with Crippen molar-refractivity contribution in [1.82, 2.24) is 68.3 Å². The maximum atomic E-state index is 13.2. The third kappa shape index (κ3) is 23.0. The molecule has 8 heterocycles. The molecule has 0 radical (unpaired) electrons. The summed E-state index contributed by atoms with van der Waals surface area (Å²) in [6.45, 7) is 32.3. The van der Waals surface area contributed by atoms with Gasteiger partial charge in [-0.1, -0.05) is 142 Å². The van der Waals surface area contributed by atoms with Gasteiger partial charge in [-0.2, -0.15) is 8.42 Å². The minimum absolute atomic E-state index is 0.0130. The molecule has 5 aliphatic heterocycles. The molecule has 0 unspecified atom stereocenters. The van der Waals surface area contributed by atoms with Crippen LogP contribution in [0.5, 0.6) is 0 Å². The number of carbonyl (C=O) groups excluding carboxylic acids is 7. The number of likely N-dealkylation sites (N-methyl/N-ethyl adjacent to an activating group) is 6. The van der Waals surface area contributed by atoms with Gasteiger partial charge in [0.2, 0.25) is 34.8 Å². The van der Waals surface area contributed by atoms with Gasteiger partial charge >= 0.3 is 18.1 Å². The van der Waals surface area contributed by atoms with Gasteiger partial charge in [0.1, 0.15) is 0 Å². The van der Waals surface area contributed by atoms with Gasteiger partial charge in [-0.15, -0.1) is 4.99 Å². The van der Waals surface area contributed by atoms with Crippen molar-refractivity contribution in [2.45, 2.75) is 186 Å².